The van der Waals surface area contributed by atoms with E-state index in [2.05, 4.69) is 31.2 Å². The molecule has 0 radical (unpaired) electrons. The topological polar surface area (TPSA) is 55.6 Å². The van der Waals surface area contributed by atoms with Crippen LogP contribution in [0.25, 0.3) is 10.2 Å². The number of nitrogens with zero attached hydrogens (tertiary/aromatic N) is 4. The molecule has 0 fully saturated rings. The second kappa shape index (κ2) is 5.44. The Hall–Kier alpha value is -1.95. The van der Waals surface area contributed by atoms with Gasteiger partial charge in [0, 0.05) is 17.6 Å². The summed E-state index contributed by atoms with van der Waals surface area (Å²) in [6.45, 7) is 9.82. The first-order chi connectivity index (χ1) is 10.1. The van der Waals surface area contributed by atoms with Crippen molar-refractivity contribution in [3.8, 4) is 0 Å². The van der Waals surface area contributed by atoms with Crippen LogP contribution in [0.2, 0.25) is 0 Å². The molecule has 0 aromatic carbocycles. The molecule has 0 aliphatic rings. The summed E-state index contributed by atoms with van der Waals surface area (Å²) in [6.07, 6.45) is 3.86. The van der Waals surface area contributed by atoms with E-state index in [0.29, 0.717) is 6.54 Å². The molecule has 0 unspecified atom stereocenters. The van der Waals surface area contributed by atoms with Gasteiger partial charge in [-0.15, -0.1) is 11.3 Å². The van der Waals surface area contributed by atoms with Crippen molar-refractivity contribution >= 4 is 27.4 Å². The number of nitrogens with one attached hydrogen (secondary N) is 1. The molecule has 6 heteroatoms. The number of fused-ring (bicyclic) bond motifs is 1. The van der Waals surface area contributed by atoms with Crippen molar-refractivity contribution in [1.29, 1.82) is 0 Å². The second-order valence-electron chi connectivity index (χ2n) is 5.20. The highest BCUT2D eigenvalue weighted by Crippen LogP contribution is 2.33. The standard InChI is InChI=1S/C15H19N5S/c1-5-16-14-13-10(3)11(4)21-15(13)19-12(18-14)8-20-7-9(2)6-17-20/h6-7H,5,8H2,1-4H3,(H,16,18,19). The maximum atomic E-state index is 4.71. The Morgan fingerprint density at radius 2 is 2.05 bits per heavy atom. The number of anilines is 1. The zero-order valence-electron chi connectivity index (χ0n) is 12.8. The number of rotatable bonds is 4. The van der Waals surface area contributed by atoms with E-state index in [4.69, 9.17) is 9.97 Å². The van der Waals surface area contributed by atoms with Gasteiger partial charge in [-0.05, 0) is 38.8 Å². The van der Waals surface area contributed by atoms with Crippen LogP contribution in [0.5, 0.6) is 0 Å². The molecule has 0 saturated heterocycles. The maximum Gasteiger partial charge on any atom is 0.153 e. The number of aryl methyl sites for hydroxylation is 3. The van der Waals surface area contributed by atoms with E-state index in [1.54, 1.807) is 11.3 Å². The third kappa shape index (κ3) is 2.63. The molecule has 3 heterocycles. The van der Waals surface area contributed by atoms with Crippen molar-refractivity contribution < 1.29 is 0 Å². The fourth-order valence-corrected chi connectivity index (χ4v) is 3.41. The Morgan fingerprint density at radius 1 is 1.24 bits per heavy atom. The number of hydrogen-bond donors (Lipinski definition) is 1. The lowest BCUT2D eigenvalue weighted by molar-refractivity contribution is 0.658. The average Bonchev–Trinajstić information content (AvgIpc) is 2.95. The quantitative estimate of drug-likeness (QED) is 0.803. The SMILES string of the molecule is CCNc1nc(Cn2cc(C)cn2)nc2sc(C)c(C)c12. The van der Waals surface area contributed by atoms with Crippen LogP contribution < -0.4 is 5.32 Å². The molecule has 5 nitrogen and oxygen atoms in total. The third-order valence-electron chi connectivity index (χ3n) is 3.48. The predicted octanol–water partition coefficient (Wildman–Crippen LogP) is 3.29. The van der Waals surface area contributed by atoms with Gasteiger partial charge in [-0.1, -0.05) is 0 Å². The van der Waals surface area contributed by atoms with Gasteiger partial charge in [0.25, 0.3) is 0 Å². The van der Waals surface area contributed by atoms with E-state index in [9.17, 15) is 0 Å². The Bertz CT molecular complexity index is 787. The fourth-order valence-electron chi connectivity index (χ4n) is 2.36. The minimum absolute atomic E-state index is 0.595. The average molecular weight is 301 g/mol. The highest BCUT2D eigenvalue weighted by atomic mass is 32.1. The lowest BCUT2D eigenvalue weighted by Gasteiger charge is -2.08. The first-order valence-electron chi connectivity index (χ1n) is 7.08. The molecule has 3 aromatic rings. The highest BCUT2D eigenvalue weighted by molar-refractivity contribution is 7.18. The largest absolute Gasteiger partial charge is 0.370 e. The van der Waals surface area contributed by atoms with E-state index in [1.165, 1.54) is 10.4 Å². The van der Waals surface area contributed by atoms with Gasteiger partial charge < -0.3 is 5.32 Å². The van der Waals surface area contributed by atoms with E-state index < -0.39 is 0 Å². The first-order valence-corrected chi connectivity index (χ1v) is 7.89. The van der Waals surface area contributed by atoms with E-state index >= 15 is 0 Å². The van der Waals surface area contributed by atoms with Crippen molar-refractivity contribution in [3.63, 3.8) is 0 Å². The zero-order chi connectivity index (χ0) is 15.0. The molecule has 0 spiro atoms. The van der Waals surface area contributed by atoms with E-state index in [1.807, 2.05) is 24.0 Å². The van der Waals surface area contributed by atoms with Crippen molar-refractivity contribution in [2.75, 3.05) is 11.9 Å². The molecule has 0 bridgehead atoms. The van der Waals surface area contributed by atoms with Crippen molar-refractivity contribution in [3.05, 3.63) is 34.2 Å². The maximum absolute atomic E-state index is 4.71. The Balaban J connectivity index is 2.07. The molecule has 3 rings (SSSR count). The molecule has 110 valence electrons. The minimum Gasteiger partial charge on any atom is -0.370 e. The molecule has 0 aliphatic heterocycles. The molecule has 21 heavy (non-hydrogen) atoms. The van der Waals surface area contributed by atoms with E-state index in [-0.39, 0.29) is 0 Å². The van der Waals surface area contributed by atoms with E-state index in [0.717, 1.165) is 34.0 Å². The van der Waals surface area contributed by atoms with Crippen LogP contribution in [-0.2, 0) is 6.54 Å². The van der Waals surface area contributed by atoms with Crippen molar-refractivity contribution in [2.24, 2.45) is 0 Å². The molecule has 0 aliphatic carbocycles. The molecular weight excluding hydrogens is 282 g/mol. The van der Waals surface area contributed by atoms with Crippen LogP contribution in [0.1, 0.15) is 28.8 Å². The molecule has 0 atom stereocenters. The van der Waals surface area contributed by atoms with Crippen LogP contribution in [0.4, 0.5) is 5.82 Å². The summed E-state index contributed by atoms with van der Waals surface area (Å²) >= 11 is 1.73. The first kappa shape index (κ1) is 14.0. The van der Waals surface area contributed by atoms with Gasteiger partial charge in [-0.3, -0.25) is 4.68 Å². The van der Waals surface area contributed by atoms with Gasteiger partial charge in [0.05, 0.1) is 11.6 Å². The molecule has 1 N–H and O–H groups in total. The number of thiophene rings is 1. The number of hydrogen-bond acceptors (Lipinski definition) is 5. The third-order valence-corrected chi connectivity index (χ3v) is 4.59. The van der Waals surface area contributed by atoms with Crippen LogP contribution in [-0.4, -0.2) is 26.3 Å². The van der Waals surface area contributed by atoms with Gasteiger partial charge in [-0.25, -0.2) is 9.97 Å². The van der Waals surface area contributed by atoms with Crippen LogP contribution in [0.15, 0.2) is 12.4 Å². The van der Waals surface area contributed by atoms with Crippen LogP contribution in [0.3, 0.4) is 0 Å². The molecule has 3 aromatic heterocycles. The Kier molecular flexibility index (Phi) is 3.63. The summed E-state index contributed by atoms with van der Waals surface area (Å²) < 4.78 is 1.87. The zero-order valence-corrected chi connectivity index (χ0v) is 13.6. The normalized spacial score (nSPS) is 11.2. The minimum atomic E-state index is 0.595. The second-order valence-corrected chi connectivity index (χ2v) is 6.40. The summed E-state index contributed by atoms with van der Waals surface area (Å²) in [7, 11) is 0. The van der Waals surface area contributed by atoms with Crippen LogP contribution >= 0.6 is 11.3 Å². The fraction of sp³-hybridized carbons (Fsp3) is 0.400. The summed E-state index contributed by atoms with van der Waals surface area (Å²) in [5.41, 5.74) is 2.42. The highest BCUT2D eigenvalue weighted by Gasteiger charge is 2.14. The van der Waals surface area contributed by atoms with Gasteiger partial charge in [0.1, 0.15) is 17.2 Å². The Labute approximate surface area is 128 Å². The molecule has 0 saturated carbocycles. The monoisotopic (exact) mass is 301 g/mol. The molecule has 0 amide bonds. The number of aromatic nitrogens is 4. The summed E-state index contributed by atoms with van der Waals surface area (Å²) in [6, 6.07) is 0. The Morgan fingerprint density at radius 3 is 2.71 bits per heavy atom. The summed E-state index contributed by atoms with van der Waals surface area (Å²) in [5, 5.41) is 8.82. The molecular formula is C15H19N5S. The van der Waals surface area contributed by atoms with Crippen LogP contribution in [0, 0.1) is 20.8 Å². The van der Waals surface area contributed by atoms with Crippen molar-refractivity contribution in [1.82, 2.24) is 19.7 Å². The summed E-state index contributed by atoms with van der Waals surface area (Å²) in [4.78, 5) is 11.8. The van der Waals surface area contributed by atoms with Gasteiger partial charge in [0.15, 0.2) is 5.82 Å². The van der Waals surface area contributed by atoms with Crippen molar-refractivity contribution in [2.45, 2.75) is 34.2 Å². The summed E-state index contributed by atoms with van der Waals surface area (Å²) in [5.74, 6) is 1.73. The van der Waals surface area contributed by atoms with Gasteiger partial charge in [0.2, 0.25) is 0 Å². The predicted molar refractivity (Wildman–Crippen MR) is 87.1 cm³/mol. The smallest absolute Gasteiger partial charge is 0.153 e. The lowest BCUT2D eigenvalue weighted by Crippen LogP contribution is -2.08. The van der Waals surface area contributed by atoms with Gasteiger partial charge >= 0.3 is 0 Å². The van der Waals surface area contributed by atoms with Gasteiger partial charge in [-0.2, -0.15) is 5.10 Å². The lowest BCUT2D eigenvalue weighted by atomic mass is 10.2.